The summed E-state index contributed by atoms with van der Waals surface area (Å²) in [6.07, 6.45) is 0.474. The Hall–Kier alpha value is -1.68. The average molecular weight is 284 g/mol. The summed E-state index contributed by atoms with van der Waals surface area (Å²) in [5, 5.41) is 10.4. The summed E-state index contributed by atoms with van der Waals surface area (Å²) in [5.74, 6) is 0. The number of hydrogen-bond donors (Lipinski definition) is 2. The molecule has 0 fully saturated rings. The molecule has 0 saturated carbocycles. The standard InChI is InChI=1S/C18H24N2O/c19-12-7-13-20(14-16-8-3-1-4-9-16)15-18(21)17-10-5-2-6-11-17/h1-6,8-11,18,21H,7,12-15,19H2. The third-order valence-electron chi connectivity index (χ3n) is 3.54. The van der Waals surface area contributed by atoms with Crippen LogP contribution in [0.25, 0.3) is 0 Å². The lowest BCUT2D eigenvalue weighted by Crippen LogP contribution is -2.30. The number of aliphatic hydroxyl groups is 1. The fraction of sp³-hybridized carbons (Fsp3) is 0.333. The Morgan fingerprint density at radius 2 is 1.57 bits per heavy atom. The van der Waals surface area contributed by atoms with Crippen LogP contribution in [-0.4, -0.2) is 29.6 Å². The molecule has 3 heteroatoms. The highest BCUT2D eigenvalue weighted by Crippen LogP contribution is 2.15. The van der Waals surface area contributed by atoms with Crippen LogP contribution in [0, 0.1) is 0 Å². The number of nitrogens with zero attached hydrogens (tertiary/aromatic N) is 1. The lowest BCUT2D eigenvalue weighted by atomic mass is 10.1. The summed E-state index contributed by atoms with van der Waals surface area (Å²) in [7, 11) is 0. The van der Waals surface area contributed by atoms with Gasteiger partial charge in [0.15, 0.2) is 0 Å². The monoisotopic (exact) mass is 284 g/mol. The lowest BCUT2D eigenvalue weighted by molar-refractivity contribution is 0.108. The van der Waals surface area contributed by atoms with Crippen LogP contribution < -0.4 is 5.73 Å². The number of aliphatic hydroxyl groups excluding tert-OH is 1. The zero-order valence-corrected chi connectivity index (χ0v) is 12.4. The maximum atomic E-state index is 10.4. The van der Waals surface area contributed by atoms with E-state index in [1.54, 1.807) is 0 Å². The summed E-state index contributed by atoms with van der Waals surface area (Å²) < 4.78 is 0. The van der Waals surface area contributed by atoms with Crippen LogP contribution in [0.2, 0.25) is 0 Å². The molecule has 2 aromatic rings. The van der Waals surface area contributed by atoms with E-state index in [4.69, 9.17) is 5.73 Å². The van der Waals surface area contributed by atoms with E-state index in [1.165, 1.54) is 5.56 Å². The van der Waals surface area contributed by atoms with Crippen molar-refractivity contribution in [3.8, 4) is 0 Å². The van der Waals surface area contributed by atoms with Gasteiger partial charge in [-0.25, -0.2) is 0 Å². The molecule has 0 aliphatic rings. The van der Waals surface area contributed by atoms with Gasteiger partial charge in [-0.2, -0.15) is 0 Å². The molecule has 3 nitrogen and oxygen atoms in total. The summed E-state index contributed by atoms with van der Waals surface area (Å²) in [6, 6.07) is 20.2. The molecule has 0 spiro atoms. The van der Waals surface area contributed by atoms with Crippen LogP contribution in [0.1, 0.15) is 23.7 Å². The molecule has 3 N–H and O–H groups in total. The van der Waals surface area contributed by atoms with Crippen LogP contribution in [0.3, 0.4) is 0 Å². The summed E-state index contributed by atoms with van der Waals surface area (Å²) >= 11 is 0. The van der Waals surface area contributed by atoms with Gasteiger partial charge in [0.1, 0.15) is 0 Å². The Balaban J connectivity index is 1.99. The van der Waals surface area contributed by atoms with Crippen molar-refractivity contribution in [3.05, 3.63) is 71.8 Å². The molecule has 0 radical (unpaired) electrons. The van der Waals surface area contributed by atoms with Crippen molar-refractivity contribution in [3.63, 3.8) is 0 Å². The van der Waals surface area contributed by atoms with E-state index in [1.807, 2.05) is 48.5 Å². The molecular formula is C18H24N2O. The first-order valence-corrected chi connectivity index (χ1v) is 7.49. The topological polar surface area (TPSA) is 49.5 Å². The minimum Gasteiger partial charge on any atom is -0.387 e. The minimum atomic E-state index is -0.465. The summed E-state index contributed by atoms with van der Waals surface area (Å²) in [5.41, 5.74) is 7.84. The van der Waals surface area contributed by atoms with E-state index in [9.17, 15) is 5.11 Å². The average Bonchev–Trinajstić information content (AvgIpc) is 2.54. The fourth-order valence-corrected chi connectivity index (χ4v) is 2.42. The van der Waals surface area contributed by atoms with Gasteiger partial charge in [0, 0.05) is 13.1 Å². The van der Waals surface area contributed by atoms with Gasteiger partial charge in [-0.15, -0.1) is 0 Å². The van der Waals surface area contributed by atoms with Gasteiger partial charge in [0.25, 0.3) is 0 Å². The first-order valence-electron chi connectivity index (χ1n) is 7.49. The van der Waals surface area contributed by atoms with Crippen molar-refractivity contribution in [1.29, 1.82) is 0 Å². The van der Waals surface area contributed by atoms with Crippen molar-refractivity contribution in [2.75, 3.05) is 19.6 Å². The second-order valence-corrected chi connectivity index (χ2v) is 5.29. The SMILES string of the molecule is NCCCN(Cc1ccccc1)CC(O)c1ccccc1. The van der Waals surface area contributed by atoms with Crippen molar-refractivity contribution in [2.24, 2.45) is 5.73 Å². The largest absolute Gasteiger partial charge is 0.387 e. The second kappa shape index (κ2) is 8.57. The number of hydrogen-bond acceptors (Lipinski definition) is 3. The molecule has 112 valence electrons. The smallest absolute Gasteiger partial charge is 0.0917 e. The molecule has 2 rings (SSSR count). The molecule has 0 saturated heterocycles. The van der Waals surface area contributed by atoms with Crippen molar-refractivity contribution < 1.29 is 5.11 Å². The third kappa shape index (κ3) is 5.31. The van der Waals surface area contributed by atoms with Crippen molar-refractivity contribution in [2.45, 2.75) is 19.1 Å². The number of rotatable bonds is 8. The van der Waals surface area contributed by atoms with Gasteiger partial charge in [0.2, 0.25) is 0 Å². The molecule has 0 aliphatic carbocycles. The van der Waals surface area contributed by atoms with E-state index in [2.05, 4.69) is 17.0 Å². The van der Waals surface area contributed by atoms with Crippen molar-refractivity contribution in [1.82, 2.24) is 4.90 Å². The maximum Gasteiger partial charge on any atom is 0.0917 e. The van der Waals surface area contributed by atoms with Crippen LogP contribution in [0.4, 0.5) is 0 Å². The van der Waals surface area contributed by atoms with Gasteiger partial charge in [-0.05, 0) is 30.6 Å². The molecule has 0 aromatic heterocycles. The maximum absolute atomic E-state index is 10.4. The highest BCUT2D eigenvalue weighted by atomic mass is 16.3. The summed E-state index contributed by atoms with van der Waals surface area (Å²) in [4.78, 5) is 2.26. The van der Waals surface area contributed by atoms with Gasteiger partial charge in [-0.3, -0.25) is 4.90 Å². The van der Waals surface area contributed by atoms with E-state index in [0.717, 1.165) is 25.1 Å². The zero-order chi connectivity index (χ0) is 14.9. The molecule has 0 amide bonds. The van der Waals surface area contributed by atoms with Gasteiger partial charge in [0.05, 0.1) is 6.10 Å². The Labute approximate surface area is 127 Å². The van der Waals surface area contributed by atoms with Gasteiger partial charge < -0.3 is 10.8 Å². The fourth-order valence-electron chi connectivity index (χ4n) is 2.42. The van der Waals surface area contributed by atoms with Crippen LogP contribution in [0.5, 0.6) is 0 Å². The van der Waals surface area contributed by atoms with Crippen LogP contribution in [-0.2, 0) is 6.54 Å². The zero-order valence-electron chi connectivity index (χ0n) is 12.4. The quantitative estimate of drug-likeness (QED) is 0.783. The van der Waals surface area contributed by atoms with Gasteiger partial charge in [-0.1, -0.05) is 60.7 Å². The Morgan fingerprint density at radius 1 is 0.952 bits per heavy atom. The highest BCUT2D eigenvalue weighted by Gasteiger charge is 2.13. The Morgan fingerprint density at radius 3 is 2.19 bits per heavy atom. The first kappa shape index (κ1) is 15.7. The number of nitrogens with two attached hydrogens (primary N) is 1. The molecule has 2 aromatic carbocycles. The third-order valence-corrected chi connectivity index (χ3v) is 3.54. The van der Waals surface area contributed by atoms with Crippen molar-refractivity contribution >= 4 is 0 Å². The van der Waals surface area contributed by atoms with E-state index in [0.29, 0.717) is 13.1 Å². The van der Waals surface area contributed by atoms with E-state index >= 15 is 0 Å². The van der Waals surface area contributed by atoms with Crippen LogP contribution in [0.15, 0.2) is 60.7 Å². The van der Waals surface area contributed by atoms with E-state index < -0.39 is 6.10 Å². The molecule has 1 atom stereocenters. The Kier molecular flexibility index (Phi) is 6.41. The minimum absolute atomic E-state index is 0.465. The molecule has 21 heavy (non-hydrogen) atoms. The predicted molar refractivity (Wildman–Crippen MR) is 86.8 cm³/mol. The molecule has 0 heterocycles. The normalized spacial score (nSPS) is 12.5. The highest BCUT2D eigenvalue weighted by molar-refractivity contribution is 5.18. The lowest BCUT2D eigenvalue weighted by Gasteiger charge is -2.25. The molecule has 0 bridgehead atoms. The molecule has 0 aliphatic heterocycles. The first-order chi connectivity index (χ1) is 10.3. The Bertz CT molecular complexity index is 501. The van der Waals surface area contributed by atoms with Gasteiger partial charge >= 0.3 is 0 Å². The summed E-state index contributed by atoms with van der Waals surface area (Å²) in [6.45, 7) is 3.03. The second-order valence-electron chi connectivity index (χ2n) is 5.29. The predicted octanol–water partition coefficient (Wildman–Crippen LogP) is 2.57. The van der Waals surface area contributed by atoms with E-state index in [-0.39, 0.29) is 0 Å². The molecule has 1 unspecified atom stereocenters. The molecular weight excluding hydrogens is 260 g/mol. The van der Waals surface area contributed by atoms with Crippen LogP contribution >= 0.6 is 0 Å². The number of benzene rings is 2.